The molecule has 1 heterocycles. The number of anilines is 1. The Labute approximate surface area is 90.4 Å². The highest BCUT2D eigenvalue weighted by Gasteiger charge is 2.19. The van der Waals surface area contributed by atoms with Gasteiger partial charge < -0.3 is 14.8 Å². The molecule has 0 saturated carbocycles. The summed E-state index contributed by atoms with van der Waals surface area (Å²) in [6, 6.07) is 4.00. The number of methoxy groups -OCH3 is 2. The van der Waals surface area contributed by atoms with Crippen molar-refractivity contribution in [1.82, 2.24) is 0 Å². The maximum atomic E-state index is 5.35. The summed E-state index contributed by atoms with van der Waals surface area (Å²) in [4.78, 5) is 0. The van der Waals surface area contributed by atoms with E-state index >= 15 is 0 Å². The molecule has 0 radical (unpaired) electrons. The molecule has 0 amide bonds. The average molecular weight is 207 g/mol. The molecular formula is C12H17NO2. The van der Waals surface area contributed by atoms with E-state index in [1.807, 2.05) is 6.07 Å². The second-order valence-corrected chi connectivity index (χ2v) is 4.05. The van der Waals surface area contributed by atoms with Crippen LogP contribution in [0, 0.1) is 5.92 Å². The highest BCUT2D eigenvalue weighted by molar-refractivity contribution is 5.66. The van der Waals surface area contributed by atoms with Crippen molar-refractivity contribution in [2.45, 2.75) is 13.3 Å². The van der Waals surface area contributed by atoms with Crippen LogP contribution in [0.1, 0.15) is 12.5 Å². The Hall–Kier alpha value is -1.38. The molecule has 0 aliphatic carbocycles. The van der Waals surface area contributed by atoms with Gasteiger partial charge in [0.2, 0.25) is 0 Å². The van der Waals surface area contributed by atoms with Crippen LogP contribution >= 0.6 is 0 Å². The number of hydrogen-bond donors (Lipinski definition) is 1. The van der Waals surface area contributed by atoms with Crippen LogP contribution in [0.15, 0.2) is 12.1 Å². The largest absolute Gasteiger partial charge is 0.497 e. The van der Waals surface area contributed by atoms with Gasteiger partial charge in [0.1, 0.15) is 11.5 Å². The van der Waals surface area contributed by atoms with Gasteiger partial charge >= 0.3 is 0 Å². The van der Waals surface area contributed by atoms with E-state index in [0.717, 1.165) is 30.2 Å². The number of benzene rings is 1. The topological polar surface area (TPSA) is 30.5 Å². The molecule has 0 saturated heterocycles. The number of hydrogen-bond acceptors (Lipinski definition) is 3. The van der Waals surface area contributed by atoms with E-state index in [-0.39, 0.29) is 0 Å². The summed E-state index contributed by atoms with van der Waals surface area (Å²) in [6.45, 7) is 3.25. The van der Waals surface area contributed by atoms with E-state index in [9.17, 15) is 0 Å². The minimum Gasteiger partial charge on any atom is -0.497 e. The smallest absolute Gasteiger partial charge is 0.145 e. The molecule has 82 valence electrons. The number of ether oxygens (including phenoxy) is 2. The summed E-state index contributed by atoms with van der Waals surface area (Å²) < 4.78 is 10.6. The Morgan fingerprint density at radius 2 is 2.07 bits per heavy atom. The fourth-order valence-electron chi connectivity index (χ4n) is 2.01. The van der Waals surface area contributed by atoms with Crippen LogP contribution < -0.4 is 14.8 Å². The van der Waals surface area contributed by atoms with E-state index < -0.39 is 0 Å². The number of rotatable bonds is 2. The third kappa shape index (κ3) is 1.87. The molecule has 1 atom stereocenters. The fraction of sp³-hybridized carbons (Fsp3) is 0.500. The number of fused-ring (bicyclic) bond motifs is 1. The summed E-state index contributed by atoms with van der Waals surface area (Å²) in [6.07, 6.45) is 1.08. The Morgan fingerprint density at radius 1 is 1.27 bits per heavy atom. The summed E-state index contributed by atoms with van der Waals surface area (Å²) in [7, 11) is 3.37. The van der Waals surface area contributed by atoms with Crippen LogP contribution in [0.2, 0.25) is 0 Å². The Morgan fingerprint density at radius 3 is 2.73 bits per heavy atom. The molecule has 0 fully saturated rings. The molecule has 1 N–H and O–H groups in total. The molecule has 1 aromatic carbocycles. The van der Waals surface area contributed by atoms with Crippen molar-refractivity contribution in [2.75, 3.05) is 26.1 Å². The predicted molar refractivity (Wildman–Crippen MR) is 60.9 cm³/mol. The van der Waals surface area contributed by atoms with Crippen molar-refractivity contribution in [3.05, 3.63) is 17.7 Å². The van der Waals surface area contributed by atoms with Gasteiger partial charge in [-0.1, -0.05) is 6.92 Å². The Kier molecular flexibility index (Phi) is 2.71. The molecule has 3 nitrogen and oxygen atoms in total. The van der Waals surface area contributed by atoms with Gasteiger partial charge in [0.15, 0.2) is 0 Å². The maximum Gasteiger partial charge on any atom is 0.145 e. The zero-order chi connectivity index (χ0) is 10.8. The lowest BCUT2D eigenvalue weighted by molar-refractivity contribution is 0.392. The quantitative estimate of drug-likeness (QED) is 0.807. The van der Waals surface area contributed by atoms with Crippen LogP contribution in [-0.2, 0) is 6.42 Å². The minimum absolute atomic E-state index is 0.661. The lowest BCUT2D eigenvalue weighted by Gasteiger charge is -2.25. The van der Waals surface area contributed by atoms with Gasteiger partial charge in [-0.15, -0.1) is 0 Å². The summed E-state index contributed by atoms with van der Waals surface area (Å²) in [5, 5.41) is 3.40. The van der Waals surface area contributed by atoms with Gasteiger partial charge in [0.25, 0.3) is 0 Å². The van der Waals surface area contributed by atoms with Crippen molar-refractivity contribution in [2.24, 2.45) is 5.92 Å². The van der Waals surface area contributed by atoms with Crippen LogP contribution in [0.25, 0.3) is 0 Å². The van der Waals surface area contributed by atoms with Crippen molar-refractivity contribution in [1.29, 1.82) is 0 Å². The van der Waals surface area contributed by atoms with Crippen molar-refractivity contribution >= 4 is 5.69 Å². The van der Waals surface area contributed by atoms with Crippen LogP contribution in [-0.4, -0.2) is 20.8 Å². The first-order valence-corrected chi connectivity index (χ1v) is 5.23. The fourth-order valence-corrected chi connectivity index (χ4v) is 2.01. The molecule has 0 spiro atoms. The first kappa shape index (κ1) is 10.1. The molecule has 2 rings (SSSR count). The first-order valence-electron chi connectivity index (χ1n) is 5.23. The third-order valence-electron chi connectivity index (χ3n) is 2.81. The van der Waals surface area contributed by atoms with E-state index in [0.29, 0.717) is 5.92 Å². The Bertz CT molecular complexity index is 363. The highest BCUT2D eigenvalue weighted by atomic mass is 16.5. The van der Waals surface area contributed by atoms with E-state index in [4.69, 9.17) is 9.47 Å². The molecule has 3 heteroatoms. The van der Waals surface area contributed by atoms with Crippen molar-refractivity contribution in [3.8, 4) is 11.5 Å². The van der Waals surface area contributed by atoms with Gasteiger partial charge in [0.05, 0.1) is 19.9 Å². The van der Waals surface area contributed by atoms with Crippen LogP contribution in [0.4, 0.5) is 5.69 Å². The van der Waals surface area contributed by atoms with Crippen LogP contribution in [0.3, 0.4) is 0 Å². The Balaban J connectivity index is 2.44. The monoisotopic (exact) mass is 207 g/mol. The molecule has 0 aromatic heterocycles. The van der Waals surface area contributed by atoms with Gasteiger partial charge in [-0.05, 0) is 24.0 Å². The summed E-state index contributed by atoms with van der Waals surface area (Å²) in [5.41, 5.74) is 2.40. The molecule has 0 bridgehead atoms. The van der Waals surface area contributed by atoms with Crippen molar-refractivity contribution < 1.29 is 9.47 Å². The van der Waals surface area contributed by atoms with E-state index in [1.54, 1.807) is 14.2 Å². The summed E-state index contributed by atoms with van der Waals surface area (Å²) in [5.74, 6) is 2.40. The lowest BCUT2D eigenvalue weighted by Crippen LogP contribution is -2.21. The van der Waals surface area contributed by atoms with Crippen LogP contribution in [0.5, 0.6) is 11.5 Å². The molecular weight excluding hydrogens is 190 g/mol. The summed E-state index contributed by atoms with van der Waals surface area (Å²) >= 11 is 0. The molecule has 1 aromatic rings. The minimum atomic E-state index is 0.661. The van der Waals surface area contributed by atoms with E-state index in [1.165, 1.54) is 5.56 Å². The standard InChI is InChI=1S/C12H17NO2/c1-8-4-9-5-10(14-2)6-11(15-3)12(9)13-7-8/h5-6,8,13H,4,7H2,1-3H3. The number of nitrogens with one attached hydrogen (secondary N) is 1. The maximum absolute atomic E-state index is 5.35. The normalized spacial score (nSPS) is 19.0. The highest BCUT2D eigenvalue weighted by Crippen LogP contribution is 2.37. The molecule has 1 aliphatic rings. The van der Waals surface area contributed by atoms with E-state index in [2.05, 4.69) is 18.3 Å². The second kappa shape index (κ2) is 4.01. The zero-order valence-electron chi connectivity index (χ0n) is 9.46. The van der Waals surface area contributed by atoms with Gasteiger partial charge in [-0.25, -0.2) is 0 Å². The first-order chi connectivity index (χ1) is 7.24. The zero-order valence-corrected chi connectivity index (χ0v) is 9.46. The predicted octanol–water partition coefficient (Wildman–Crippen LogP) is 2.31. The SMILES string of the molecule is COc1cc2c(c(OC)c1)NCC(C)C2. The van der Waals surface area contributed by atoms with Crippen molar-refractivity contribution in [3.63, 3.8) is 0 Å². The lowest BCUT2D eigenvalue weighted by atomic mass is 9.95. The van der Waals surface area contributed by atoms with Gasteiger partial charge in [0, 0.05) is 12.6 Å². The van der Waals surface area contributed by atoms with Gasteiger partial charge in [-0.3, -0.25) is 0 Å². The second-order valence-electron chi connectivity index (χ2n) is 4.05. The third-order valence-corrected chi connectivity index (χ3v) is 2.81. The molecule has 1 unspecified atom stereocenters. The van der Waals surface area contributed by atoms with Gasteiger partial charge in [-0.2, -0.15) is 0 Å². The average Bonchev–Trinajstić information content (AvgIpc) is 2.26. The molecule has 15 heavy (non-hydrogen) atoms. The molecule has 1 aliphatic heterocycles.